The van der Waals surface area contributed by atoms with Crippen LogP contribution in [0.5, 0.6) is 0 Å². The van der Waals surface area contributed by atoms with E-state index in [1.54, 1.807) is 12.1 Å². The minimum Gasteiger partial charge on any atom is -0.171 e. The van der Waals surface area contributed by atoms with E-state index < -0.39 is 12.6 Å². The third-order valence-corrected chi connectivity index (χ3v) is 2.77. The van der Waals surface area contributed by atoms with Crippen molar-refractivity contribution in [2.75, 3.05) is 0 Å². The van der Waals surface area contributed by atoms with E-state index in [4.69, 9.17) is 11.6 Å². The van der Waals surface area contributed by atoms with Crippen molar-refractivity contribution >= 4 is 11.6 Å². The Hall–Kier alpha value is -0.700. The predicted molar refractivity (Wildman–Crippen MR) is 59.9 cm³/mol. The average molecular weight is 251 g/mol. The first kappa shape index (κ1) is 13.4. The van der Waals surface area contributed by atoms with Gasteiger partial charge in [-0.05, 0) is 29.5 Å². The monoisotopic (exact) mass is 250 g/mol. The van der Waals surface area contributed by atoms with Gasteiger partial charge in [-0.25, -0.2) is 0 Å². The van der Waals surface area contributed by atoms with Crippen LogP contribution in [0.3, 0.4) is 0 Å². The van der Waals surface area contributed by atoms with Gasteiger partial charge in [0.25, 0.3) is 0 Å². The van der Waals surface area contributed by atoms with Gasteiger partial charge in [-0.3, -0.25) is 0 Å². The summed E-state index contributed by atoms with van der Waals surface area (Å²) in [4.78, 5) is 0. The second-order valence-corrected chi connectivity index (χ2v) is 4.53. The number of benzene rings is 1. The number of hydrogen-bond donors (Lipinski definition) is 0. The molecule has 0 aliphatic rings. The molecule has 0 spiro atoms. The maximum absolute atomic E-state index is 12.0. The van der Waals surface area contributed by atoms with E-state index in [-0.39, 0.29) is 6.42 Å². The fourth-order valence-corrected chi connectivity index (χ4v) is 1.69. The molecule has 0 radical (unpaired) electrons. The van der Waals surface area contributed by atoms with E-state index in [2.05, 4.69) is 0 Å². The topological polar surface area (TPSA) is 0 Å². The zero-order valence-electron chi connectivity index (χ0n) is 9.24. The van der Waals surface area contributed by atoms with Crippen LogP contribution in [-0.4, -0.2) is 6.18 Å². The smallest absolute Gasteiger partial charge is 0.171 e. The minimum absolute atomic E-state index is 0.0549. The van der Waals surface area contributed by atoms with Gasteiger partial charge < -0.3 is 0 Å². The van der Waals surface area contributed by atoms with Crippen molar-refractivity contribution in [2.24, 2.45) is 0 Å². The lowest BCUT2D eigenvalue weighted by atomic mass is 10.00. The first-order valence-corrected chi connectivity index (χ1v) is 5.52. The molecule has 0 bridgehead atoms. The second-order valence-electron chi connectivity index (χ2n) is 4.12. The van der Waals surface area contributed by atoms with Gasteiger partial charge in [0.05, 0.1) is 0 Å². The highest BCUT2D eigenvalue weighted by Gasteiger charge is 2.26. The van der Waals surface area contributed by atoms with Crippen LogP contribution in [0.4, 0.5) is 13.2 Å². The molecule has 0 aromatic heterocycles. The van der Waals surface area contributed by atoms with Crippen molar-refractivity contribution < 1.29 is 13.2 Å². The molecule has 0 fully saturated rings. The maximum atomic E-state index is 12.0. The molecule has 0 nitrogen and oxygen atoms in total. The van der Waals surface area contributed by atoms with Gasteiger partial charge >= 0.3 is 6.18 Å². The van der Waals surface area contributed by atoms with Crippen molar-refractivity contribution in [3.05, 3.63) is 34.3 Å². The molecule has 1 aromatic carbocycles. The van der Waals surface area contributed by atoms with Gasteiger partial charge in [0, 0.05) is 11.4 Å². The molecular weight excluding hydrogens is 237 g/mol. The molecule has 0 atom stereocenters. The van der Waals surface area contributed by atoms with Crippen LogP contribution in [0.2, 0.25) is 5.02 Å². The fourth-order valence-electron chi connectivity index (χ4n) is 1.40. The van der Waals surface area contributed by atoms with E-state index in [0.29, 0.717) is 16.5 Å². The number of hydrogen-bond acceptors (Lipinski definition) is 0. The molecule has 90 valence electrons. The molecule has 0 N–H and O–H groups in total. The average Bonchev–Trinajstić information content (AvgIpc) is 2.14. The summed E-state index contributed by atoms with van der Waals surface area (Å²) in [6.45, 7) is 4.03. The molecular formula is C12H14ClF3. The Morgan fingerprint density at radius 3 is 2.31 bits per heavy atom. The van der Waals surface area contributed by atoms with Gasteiger partial charge in [-0.1, -0.05) is 37.6 Å². The molecule has 0 saturated heterocycles. The van der Waals surface area contributed by atoms with Gasteiger partial charge in [0.1, 0.15) is 0 Å². The first-order chi connectivity index (χ1) is 7.29. The van der Waals surface area contributed by atoms with Crippen LogP contribution in [0.1, 0.15) is 37.3 Å². The molecule has 1 aromatic rings. The highest BCUT2D eigenvalue weighted by atomic mass is 35.5. The van der Waals surface area contributed by atoms with Crippen molar-refractivity contribution in [2.45, 2.75) is 38.8 Å². The van der Waals surface area contributed by atoms with Crippen LogP contribution >= 0.6 is 11.6 Å². The Balaban J connectivity index is 2.76. The standard InChI is InChI=1S/C12H14ClF3/c1-8(2)10-4-3-9(11(13)7-10)5-6-12(14,15)16/h3-4,7-8H,5-6H2,1-2H3. The van der Waals surface area contributed by atoms with Gasteiger partial charge in [-0.2, -0.15) is 13.2 Å². The van der Waals surface area contributed by atoms with Gasteiger partial charge in [0.15, 0.2) is 0 Å². The lowest BCUT2D eigenvalue weighted by molar-refractivity contribution is -0.133. The highest BCUT2D eigenvalue weighted by Crippen LogP contribution is 2.27. The Bertz CT molecular complexity index is 356. The van der Waals surface area contributed by atoms with E-state index in [9.17, 15) is 13.2 Å². The van der Waals surface area contributed by atoms with Crippen LogP contribution in [-0.2, 0) is 6.42 Å². The van der Waals surface area contributed by atoms with E-state index >= 15 is 0 Å². The summed E-state index contributed by atoms with van der Waals surface area (Å²) in [5.74, 6) is 0.328. The third kappa shape index (κ3) is 4.05. The zero-order chi connectivity index (χ0) is 12.3. The summed E-state index contributed by atoms with van der Waals surface area (Å²) >= 11 is 5.93. The number of halogens is 4. The normalized spacial score (nSPS) is 12.2. The number of rotatable bonds is 3. The van der Waals surface area contributed by atoms with Crippen molar-refractivity contribution in [3.8, 4) is 0 Å². The predicted octanol–water partition coefficient (Wildman–Crippen LogP) is 4.96. The Morgan fingerprint density at radius 1 is 1.25 bits per heavy atom. The van der Waals surface area contributed by atoms with Gasteiger partial charge in [0.2, 0.25) is 0 Å². The summed E-state index contributed by atoms with van der Waals surface area (Å²) in [6, 6.07) is 5.27. The molecule has 0 aliphatic heterocycles. The second kappa shape index (κ2) is 5.09. The molecule has 1 rings (SSSR count). The van der Waals surface area contributed by atoms with Crippen molar-refractivity contribution in [1.82, 2.24) is 0 Å². The fraction of sp³-hybridized carbons (Fsp3) is 0.500. The summed E-state index contributed by atoms with van der Waals surface area (Å²) in [6.07, 6.45) is -5.01. The molecule has 4 heteroatoms. The number of alkyl halides is 3. The summed E-state index contributed by atoms with van der Waals surface area (Å²) < 4.78 is 36.1. The molecule has 0 saturated carbocycles. The Morgan fingerprint density at radius 2 is 1.88 bits per heavy atom. The van der Waals surface area contributed by atoms with Crippen LogP contribution in [0, 0.1) is 0 Å². The van der Waals surface area contributed by atoms with Crippen LogP contribution in [0.25, 0.3) is 0 Å². The maximum Gasteiger partial charge on any atom is 0.389 e. The lowest BCUT2D eigenvalue weighted by Crippen LogP contribution is -2.08. The third-order valence-electron chi connectivity index (χ3n) is 2.42. The number of aryl methyl sites for hydroxylation is 1. The molecule has 0 aliphatic carbocycles. The quantitative estimate of drug-likeness (QED) is 0.711. The minimum atomic E-state index is -4.12. The lowest BCUT2D eigenvalue weighted by Gasteiger charge is -2.10. The highest BCUT2D eigenvalue weighted by molar-refractivity contribution is 6.31. The summed E-state index contributed by atoms with van der Waals surface area (Å²) in [5.41, 5.74) is 1.60. The van der Waals surface area contributed by atoms with E-state index in [1.807, 2.05) is 19.9 Å². The summed E-state index contributed by atoms with van der Waals surface area (Å²) in [7, 11) is 0. The van der Waals surface area contributed by atoms with Crippen LogP contribution < -0.4 is 0 Å². The Labute approximate surface area is 98.4 Å². The largest absolute Gasteiger partial charge is 0.389 e. The zero-order valence-corrected chi connectivity index (χ0v) is 9.99. The SMILES string of the molecule is CC(C)c1ccc(CCC(F)(F)F)c(Cl)c1. The molecule has 16 heavy (non-hydrogen) atoms. The van der Waals surface area contributed by atoms with E-state index in [1.165, 1.54) is 0 Å². The van der Waals surface area contributed by atoms with Crippen LogP contribution in [0.15, 0.2) is 18.2 Å². The Kier molecular flexibility index (Phi) is 4.25. The van der Waals surface area contributed by atoms with Gasteiger partial charge in [-0.15, -0.1) is 0 Å². The summed E-state index contributed by atoms with van der Waals surface area (Å²) in [5, 5.41) is 0.426. The van der Waals surface area contributed by atoms with E-state index in [0.717, 1.165) is 5.56 Å². The molecule has 0 heterocycles. The molecule has 0 amide bonds. The van der Waals surface area contributed by atoms with Crippen molar-refractivity contribution in [3.63, 3.8) is 0 Å². The first-order valence-electron chi connectivity index (χ1n) is 5.14. The van der Waals surface area contributed by atoms with Crippen molar-refractivity contribution in [1.29, 1.82) is 0 Å². The molecule has 0 unspecified atom stereocenters.